The van der Waals surface area contributed by atoms with Crippen molar-refractivity contribution < 1.29 is 31.2 Å². The van der Waals surface area contributed by atoms with Gasteiger partial charge in [0.25, 0.3) is 0 Å². The monoisotopic (exact) mass is 870 g/mol. The van der Waals surface area contributed by atoms with Crippen LogP contribution in [0.15, 0.2) is 82.8 Å². The number of fused-ring (bicyclic) bond motifs is 2. The topological polar surface area (TPSA) is 219 Å². The minimum Gasteiger partial charge on any atom is -0.381 e. The Bertz CT molecular complexity index is 2510. The van der Waals surface area contributed by atoms with E-state index >= 15 is 0 Å². The van der Waals surface area contributed by atoms with Crippen LogP contribution < -0.4 is 9.44 Å². The summed E-state index contributed by atoms with van der Waals surface area (Å²) in [5, 5.41) is 0. The molecule has 324 valence electrons. The number of aryl methyl sites for hydroxylation is 2. The average molecular weight is 871 g/mol. The molecule has 4 heterocycles. The number of hydrogen-bond acceptors (Lipinski definition) is 11. The molecule has 0 aliphatic heterocycles. The summed E-state index contributed by atoms with van der Waals surface area (Å²) in [6.07, 6.45) is 4.74. The summed E-state index contributed by atoms with van der Waals surface area (Å²) in [5.41, 5.74) is 6.55. The second-order valence-electron chi connectivity index (χ2n) is 16.2. The number of H-pyrrole nitrogens is 2. The van der Waals surface area contributed by atoms with Gasteiger partial charge in [-0.2, -0.15) is 0 Å². The number of ether oxygens (including phenoxy) is 1. The van der Waals surface area contributed by atoms with Gasteiger partial charge in [-0.15, -0.1) is 0 Å². The van der Waals surface area contributed by atoms with Crippen molar-refractivity contribution in [1.82, 2.24) is 39.3 Å². The highest BCUT2D eigenvalue weighted by Gasteiger charge is 2.28. The molecule has 6 aromatic rings. The van der Waals surface area contributed by atoms with Crippen LogP contribution in [-0.4, -0.2) is 83.6 Å². The smallest absolute Gasteiger partial charge is 0.241 e. The zero-order valence-electron chi connectivity index (χ0n) is 35.4. The summed E-state index contributed by atoms with van der Waals surface area (Å²) in [5.74, 6) is 0.915. The lowest BCUT2D eigenvalue weighted by Crippen LogP contribution is -2.42. The van der Waals surface area contributed by atoms with Crippen molar-refractivity contribution >= 4 is 53.7 Å². The number of carbonyl (C=O) groups excluding carboxylic acids is 2. The first-order valence-corrected chi connectivity index (χ1v) is 23.4. The number of ketones is 2. The van der Waals surface area contributed by atoms with Crippen LogP contribution in [-0.2, 0) is 47.2 Å². The van der Waals surface area contributed by atoms with Gasteiger partial charge in [0.2, 0.25) is 20.0 Å². The van der Waals surface area contributed by atoms with Crippen LogP contribution in [0.2, 0.25) is 0 Å². The van der Waals surface area contributed by atoms with Gasteiger partial charge in [-0.1, -0.05) is 52.0 Å². The number of pyridine rings is 2. The van der Waals surface area contributed by atoms with E-state index in [0.29, 0.717) is 12.8 Å². The molecule has 4 N–H and O–H groups in total. The van der Waals surface area contributed by atoms with Crippen LogP contribution in [0.1, 0.15) is 87.5 Å². The summed E-state index contributed by atoms with van der Waals surface area (Å²) in [6, 6.07) is 14.7. The molecule has 0 aliphatic carbocycles. The minimum atomic E-state index is -4.05. The number of rotatable bonds is 22. The Balaban J connectivity index is 0.992. The van der Waals surface area contributed by atoms with Gasteiger partial charge in [0.1, 0.15) is 22.7 Å². The number of aromatic amines is 2. The lowest BCUT2D eigenvalue weighted by atomic mass is 9.99. The van der Waals surface area contributed by atoms with Gasteiger partial charge in [-0.05, 0) is 86.1 Å². The molecule has 15 nitrogen and oxygen atoms in total. The number of Topliss-reactive ketones (excluding diaryl/α,β-unsaturated/α-hetero) is 2. The normalized spacial score (nSPS) is 13.4. The molecule has 4 aromatic heterocycles. The van der Waals surface area contributed by atoms with Crippen molar-refractivity contribution in [3.8, 4) is 0 Å². The van der Waals surface area contributed by atoms with Gasteiger partial charge >= 0.3 is 0 Å². The maximum Gasteiger partial charge on any atom is 0.241 e. The molecule has 0 aliphatic rings. The van der Waals surface area contributed by atoms with E-state index in [0.717, 1.165) is 56.2 Å². The quantitative estimate of drug-likeness (QED) is 0.0576. The van der Waals surface area contributed by atoms with E-state index in [9.17, 15) is 26.4 Å². The molecule has 17 heteroatoms. The number of nitrogens with zero attached hydrogens (tertiary/aromatic N) is 4. The van der Waals surface area contributed by atoms with E-state index in [2.05, 4.69) is 39.3 Å². The van der Waals surface area contributed by atoms with E-state index in [-0.39, 0.29) is 72.1 Å². The second-order valence-corrected chi connectivity index (χ2v) is 19.7. The third-order valence-corrected chi connectivity index (χ3v) is 13.1. The summed E-state index contributed by atoms with van der Waals surface area (Å²) in [7, 11) is -8.09. The Hall–Kier alpha value is -5.20. The fourth-order valence-electron chi connectivity index (χ4n) is 7.19. The fourth-order valence-corrected chi connectivity index (χ4v) is 9.65. The summed E-state index contributed by atoms with van der Waals surface area (Å²) in [6.45, 7) is 11.3. The Labute approximate surface area is 357 Å². The molecule has 0 saturated carbocycles. The van der Waals surface area contributed by atoms with Crippen LogP contribution >= 0.6 is 0 Å². The first kappa shape index (κ1) is 45.3. The molecule has 0 spiro atoms. The molecule has 0 amide bonds. The number of hydrogen-bond donors (Lipinski definition) is 4. The first-order chi connectivity index (χ1) is 29.0. The second kappa shape index (κ2) is 19.7. The summed E-state index contributed by atoms with van der Waals surface area (Å²) in [4.78, 5) is 51.2. The van der Waals surface area contributed by atoms with Crippen LogP contribution in [0, 0.1) is 25.7 Å². The van der Waals surface area contributed by atoms with Crippen molar-refractivity contribution in [3.05, 3.63) is 107 Å². The van der Waals surface area contributed by atoms with E-state index in [1.54, 1.807) is 36.7 Å². The van der Waals surface area contributed by atoms with Gasteiger partial charge in [-0.25, -0.2) is 36.2 Å². The van der Waals surface area contributed by atoms with Gasteiger partial charge in [0.15, 0.2) is 11.6 Å². The number of aromatic nitrogens is 6. The third-order valence-electron chi connectivity index (χ3n) is 10.2. The molecule has 0 radical (unpaired) electrons. The molecule has 61 heavy (non-hydrogen) atoms. The molecule has 0 saturated heterocycles. The number of carbonyl (C=O) groups is 2. The Morgan fingerprint density at radius 2 is 0.984 bits per heavy atom. The average Bonchev–Trinajstić information content (AvgIpc) is 3.79. The molecule has 2 aromatic carbocycles. The fraction of sp³-hybridized carbons (Fsp3) is 0.409. The Morgan fingerprint density at radius 1 is 0.607 bits per heavy atom. The Morgan fingerprint density at radius 3 is 1.34 bits per heavy atom. The van der Waals surface area contributed by atoms with Crippen LogP contribution in [0.3, 0.4) is 0 Å². The van der Waals surface area contributed by atoms with Crippen LogP contribution in [0.25, 0.3) is 22.1 Å². The standard InChI is InChI=1S/C44H54N8O7S2/c1-27(2)23-37(51-60(55,56)33-11-7-31(8-12-33)25-39-43-35(15-19-45-39)47-29(5)49-43)41(53)17-21-59-22-18-42(54)38(24-28(3)4)52-61(57,58)34-13-9-32(10-14-34)26-40-44-36(16-20-46-40)48-30(6)50-44/h7-16,19-20,27-28,37-38,51-52H,17-18,21-26H2,1-6H3,(H,47,49)(H,48,50)/t37-,38-/m0/s1. The van der Waals surface area contributed by atoms with E-state index in [4.69, 9.17) is 4.74 Å². The SMILES string of the molecule is Cc1nc2c(Cc3ccc(S(=O)(=O)N[C@@H](CC(C)C)C(=O)CCOCCC(=O)[C@H](CC(C)C)NS(=O)(=O)c4ccc(Cc5nccc6[nH]c(C)nc56)cc4)cc3)nccc2[nH]1. The lowest BCUT2D eigenvalue weighted by molar-refractivity contribution is -0.122. The molecule has 6 rings (SSSR count). The van der Waals surface area contributed by atoms with Gasteiger partial charge in [0.05, 0.1) is 57.5 Å². The number of nitrogens with one attached hydrogen (secondary N) is 4. The number of imidazole rings is 2. The maximum absolute atomic E-state index is 13.5. The van der Waals surface area contributed by atoms with Crippen molar-refractivity contribution in [2.75, 3.05) is 13.2 Å². The van der Waals surface area contributed by atoms with Gasteiger partial charge in [-0.3, -0.25) is 19.6 Å². The zero-order valence-corrected chi connectivity index (χ0v) is 37.0. The van der Waals surface area contributed by atoms with Crippen molar-refractivity contribution in [1.29, 1.82) is 0 Å². The molecule has 0 bridgehead atoms. The van der Waals surface area contributed by atoms with Gasteiger partial charge < -0.3 is 14.7 Å². The molecule has 0 fully saturated rings. The molecule has 0 unspecified atom stereocenters. The predicted octanol–water partition coefficient (Wildman–Crippen LogP) is 6.05. The lowest BCUT2D eigenvalue weighted by Gasteiger charge is -2.20. The third kappa shape index (κ3) is 12.0. The van der Waals surface area contributed by atoms with E-state index in [1.165, 1.54) is 24.3 Å². The van der Waals surface area contributed by atoms with Crippen LogP contribution in [0.5, 0.6) is 0 Å². The summed E-state index contributed by atoms with van der Waals surface area (Å²) >= 11 is 0. The zero-order chi connectivity index (χ0) is 43.9. The molecular formula is C44H54N8O7S2. The van der Waals surface area contributed by atoms with Crippen molar-refractivity contribution in [2.24, 2.45) is 11.8 Å². The first-order valence-electron chi connectivity index (χ1n) is 20.4. The van der Waals surface area contributed by atoms with Crippen molar-refractivity contribution in [3.63, 3.8) is 0 Å². The Kier molecular flexibility index (Phi) is 14.6. The highest BCUT2D eigenvalue weighted by molar-refractivity contribution is 7.89. The predicted molar refractivity (Wildman–Crippen MR) is 233 cm³/mol. The van der Waals surface area contributed by atoms with E-state index in [1.807, 2.05) is 53.7 Å². The molecule has 2 atom stereocenters. The molecular weight excluding hydrogens is 817 g/mol. The maximum atomic E-state index is 13.5. The van der Waals surface area contributed by atoms with Crippen molar-refractivity contribution in [2.45, 2.75) is 102 Å². The summed E-state index contributed by atoms with van der Waals surface area (Å²) < 4.78 is 64.7. The largest absolute Gasteiger partial charge is 0.381 e. The number of sulfonamides is 2. The highest BCUT2D eigenvalue weighted by atomic mass is 32.2. The van der Waals surface area contributed by atoms with Gasteiger partial charge in [0, 0.05) is 38.1 Å². The highest BCUT2D eigenvalue weighted by Crippen LogP contribution is 2.22. The number of benzene rings is 2. The minimum absolute atomic E-state index is 0.0163. The van der Waals surface area contributed by atoms with Crippen LogP contribution in [0.4, 0.5) is 0 Å². The van der Waals surface area contributed by atoms with E-state index < -0.39 is 32.1 Å².